The maximum Gasteiger partial charge on any atom is 0.254 e. The number of hydrogen-bond acceptors (Lipinski definition) is 3. The molecule has 0 atom stereocenters. The smallest absolute Gasteiger partial charge is 0.254 e. The van der Waals surface area contributed by atoms with E-state index in [9.17, 15) is 9.59 Å². The maximum atomic E-state index is 12.2. The second-order valence-electron chi connectivity index (χ2n) is 4.62. The van der Waals surface area contributed by atoms with E-state index in [0.29, 0.717) is 18.7 Å². The zero-order chi connectivity index (χ0) is 14.5. The third-order valence-electron chi connectivity index (χ3n) is 3.05. The molecule has 0 aliphatic heterocycles. The van der Waals surface area contributed by atoms with Crippen LogP contribution < -0.4 is 11.3 Å². The molecular formula is C15H17N3O2. The van der Waals surface area contributed by atoms with E-state index in [4.69, 9.17) is 5.73 Å². The Morgan fingerprint density at radius 3 is 2.45 bits per heavy atom. The van der Waals surface area contributed by atoms with Gasteiger partial charge in [0, 0.05) is 38.0 Å². The molecule has 2 rings (SSSR count). The van der Waals surface area contributed by atoms with Crippen molar-refractivity contribution in [1.82, 2.24) is 9.88 Å². The number of nitrogens with one attached hydrogen (secondary N) is 1. The number of nitrogens with two attached hydrogens (primary N) is 1. The van der Waals surface area contributed by atoms with Gasteiger partial charge in [-0.3, -0.25) is 9.59 Å². The lowest BCUT2D eigenvalue weighted by Crippen LogP contribution is -2.27. The van der Waals surface area contributed by atoms with Gasteiger partial charge in [-0.05, 0) is 17.2 Å². The molecule has 1 aromatic carbocycles. The number of carbonyl (C=O) groups excluding carboxylic acids is 1. The van der Waals surface area contributed by atoms with Crippen molar-refractivity contribution in [1.29, 1.82) is 0 Å². The minimum atomic E-state index is -0.281. The highest BCUT2D eigenvalue weighted by atomic mass is 16.2. The van der Waals surface area contributed by atoms with E-state index in [1.807, 2.05) is 24.3 Å². The first-order chi connectivity index (χ1) is 9.60. The number of aromatic amines is 1. The van der Waals surface area contributed by atoms with Crippen molar-refractivity contribution in [2.24, 2.45) is 5.73 Å². The van der Waals surface area contributed by atoms with Crippen LogP contribution in [0.25, 0.3) is 0 Å². The highest BCUT2D eigenvalue weighted by Gasteiger charge is 2.12. The molecule has 2 aromatic rings. The van der Waals surface area contributed by atoms with Crippen molar-refractivity contribution in [3.8, 4) is 0 Å². The molecule has 5 nitrogen and oxygen atoms in total. The highest BCUT2D eigenvalue weighted by Crippen LogP contribution is 2.08. The van der Waals surface area contributed by atoms with E-state index in [1.54, 1.807) is 18.0 Å². The van der Waals surface area contributed by atoms with Gasteiger partial charge in [-0.15, -0.1) is 0 Å². The zero-order valence-corrected chi connectivity index (χ0v) is 11.3. The predicted molar refractivity (Wildman–Crippen MR) is 77.2 cm³/mol. The second-order valence-corrected chi connectivity index (χ2v) is 4.62. The Hall–Kier alpha value is -2.40. The number of benzene rings is 1. The monoisotopic (exact) mass is 271 g/mol. The summed E-state index contributed by atoms with van der Waals surface area (Å²) in [4.78, 5) is 27.5. The highest BCUT2D eigenvalue weighted by molar-refractivity contribution is 5.93. The molecule has 1 heterocycles. The molecule has 0 radical (unpaired) electrons. The number of amides is 1. The molecule has 0 fully saturated rings. The van der Waals surface area contributed by atoms with Crippen LogP contribution in [0.15, 0.2) is 47.4 Å². The first kappa shape index (κ1) is 14.0. The van der Waals surface area contributed by atoms with E-state index in [0.717, 1.165) is 11.1 Å². The molecule has 0 aliphatic carbocycles. The Balaban J connectivity index is 2.09. The SMILES string of the molecule is CN(Cc1ccc(CN)cc1)C(=O)c1cc[nH]c(=O)c1. The van der Waals surface area contributed by atoms with E-state index in [1.165, 1.54) is 12.3 Å². The van der Waals surface area contributed by atoms with Gasteiger partial charge in [-0.1, -0.05) is 24.3 Å². The summed E-state index contributed by atoms with van der Waals surface area (Å²) in [5, 5.41) is 0. The number of H-pyrrole nitrogens is 1. The lowest BCUT2D eigenvalue weighted by atomic mass is 10.1. The molecule has 1 amide bonds. The topological polar surface area (TPSA) is 79.2 Å². The molecule has 0 unspecified atom stereocenters. The van der Waals surface area contributed by atoms with E-state index in [2.05, 4.69) is 4.98 Å². The largest absolute Gasteiger partial charge is 0.337 e. The van der Waals surface area contributed by atoms with E-state index >= 15 is 0 Å². The summed E-state index contributed by atoms with van der Waals surface area (Å²) in [6.45, 7) is 0.984. The van der Waals surface area contributed by atoms with Crippen molar-refractivity contribution < 1.29 is 4.79 Å². The van der Waals surface area contributed by atoms with Gasteiger partial charge in [-0.25, -0.2) is 0 Å². The first-order valence-electron chi connectivity index (χ1n) is 6.32. The molecule has 0 spiro atoms. The number of rotatable bonds is 4. The number of pyridine rings is 1. The lowest BCUT2D eigenvalue weighted by Gasteiger charge is -2.17. The minimum Gasteiger partial charge on any atom is -0.337 e. The van der Waals surface area contributed by atoms with Gasteiger partial charge in [0.2, 0.25) is 5.56 Å². The summed E-state index contributed by atoms with van der Waals surface area (Å²) in [7, 11) is 1.71. The average molecular weight is 271 g/mol. The fourth-order valence-electron chi connectivity index (χ4n) is 1.92. The molecule has 5 heteroatoms. The molecule has 3 N–H and O–H groups in total. The number of nitrogens with zero attached hydrogens (tertiary/aromatic N) is 1. The standard InChI is InChI=1S/C15H17N3O2/c1-18(10-12-4-2-11(9-16)3-5-12)15(20)13-6-7-17-14(19)8-13/h2-8H,9-10,16H2,1H3,(H,17,19). The van der Waals surface area contributed by atoms with Crippen LogP contribution in [0, 0.1) is 0 Å². The van der Waals surface area contributed by atoms with Gasteiger partial charge in [0.05, 0.1) is 0 Å². The molecule has 0 bridgehead atoms. The van der Waals surface area contributed by atoms with Crippen molar-refractivity contribution >= 4 is 5.91 Å². The zero-order valence-electron chi connectivity index (χ0n) is 11.3. The van der Waals surface area contributed by atoms with Crippen LogP contribution >= 0.6 is 0 Å². The number of aromatic nitrogens is 1. The summed E-state index contributed by atoms with van der Waals surface area (Å²) in [5.41, 5.74) is 7.72. The Kier molecular flexibility index (Phi) is 4.32. The van der Waals surface area contributed by atoms with Crippen LogP contribution in [-0.4, -0.2) is 22.8 Å². The van der Waals surface area contributed by atoms with Gasteiger partial charge < -0.3 is 15.6 Å². The van der Waals surface area contributed by atoms with Gasteiger partial charge in [-0.2, -0.15) is 0 Å². The van der Waals surface area contributed by atoms with Crippen LogP contribution in [-0.2, 0) is 13.1 Å². The summed E-state index contributed by atoms with van der Waals surface area (Å²) in [5.74, 6) is -0.181. The van der Waals surface area contributed by atoms with Crippen LogP contribution in [0.4, 0.5) is 0 Å². The van der Waals surface area contributed by atoms with Crippen LogP contribution in [0.2, 0.25) is 0 Å². The van der Waals surface area contributed by atoms with Crippen molar-refractivity contribution in [3.05, 3.63) is 69.6 Å². The second kappa shape index (κ2) is 6.16. The van der Waals surface area contributed by atoms with Crippen LogP contribution in [0.5, 0.6) is 0 Å². The number of hydrogen-bond donors (Lipinski definition) is 2. The van der Waals surface area contributed by atoms with Crippen LogP contribution in [0.3, 0.4) is 0 Å². The van der Waals surface area contributed by atoms with Crippen LogP contribution in [0.1, 0.15) is 21.5 Å². The molecule has 1 aromatic heterocycles. The molecule has 0 aliphatic rings. The van der Waals surface area contributed by atoms with Gasteiger partial charge >= 0.3 is 0 Å². The lowest BCUT2D eigenvalue weighted by molar-refractivity contribution is 0.0785. The first-order valence-corrected chi connectivity index (χ1v) is 6.32. The molecule has 0 saturated carbocycles. The number of carbonyl (C=O) groups is 1. The van der Waals surface area contributed by atoms with Gasteiger partial charge in [0.25, 0.3) is 5.91 Å². The van der Waals surface area contributed by atoms with Gasteiger partial charge in [0.1, 0.15) is 0 Å². The fourth-order valence-corrected chi connectivity index (χ4v) is 1.92. The minimum absolute atomic E-state index is 0.181. The molecule has 104 valence electrons. The summed E-state index contributed by atoms with van der Waals surface area (Å²) >= 11 is 0. The maximum absolute atomic E-state index is 12.2. The quantitative estimate of drug-likeness (QED) is 0.874. The summed E-state index contributed by atoms with van der Waals surface area (Å²) in [6, 6.07) is 10.7. The van der Waals surface area contributed by atoms with Crippen molar-refractivity contribution in [3.63, 3.8) is 0 Å². The van der Waals surface area contributed by atoms with Gasteiger partial charge in [0.15, 0.2) is 0 Å². The Labute approximate surface area is 117 Å². The Bertz CT molecular complexity index is 647. The predicted octanol–water partition coefficient (Wildman–Crippen LogP) is 1.11. The fraction of sp³-hybridized carbons (Fsp3) is 0.200. The Morgan fingerprint density at radius 2 is 1.85 bits per heavy atom. The summed E-state index contributed by atoms with van der Waals surface area (Å²) < 4.78 is 0. The summed E-state index contributed by atoms with van der Waals surface area (Å²) in [6.07, 6.45) is 1.47. The van der Waals surface area contributed by atoms with E-state index in [-0.39, 0.29) is 11.5 Å². The van der Waals surface area contributed by atoms with E-state index < -0.39 is 0 Å². The van der Waals surface area contributed by atoms with Crippen molar-refractivity contribution in [2.75, 3.05) is 7.05 Å². The average Bonchev–Trinajstić information content (AvgIpc) is 2.47. The third kappa shape index (κ3) is 3.33. The molecule has 20 heavy (non-hydrogen) atoms. The molecule has 0 saturated heterocycles. The Morgan fingerprint density at radius 1 is 1.20 bits per heavy atom. The molecular weight excluding hydrogens is 254 g/mol. The van der Waals surface area contributed by atoms with Crippen molar-refractivity contribution in [2.45, 2.75) is 13.1 Å². The normalized spacial score (nSPS) is 10.3. The third-order valence-corrected chi connectivity index (χ3v) is 3.05.